The highest BCUT2D eigenvalue weighted by molar-refractivity contribution is 7.18. The number of rotatable bonds is 9. The highest BCUT2D eigenvalue weighted by atomic mass is 32.1. The van der Waals surface area contributed by atoms with Gasteiger partial charge in [-0.2, -0.15) is 0 Å². The Morgan fingerprint density at radius 1 is 1.20 bits per heavy atom. The summed E-state index contributed by atoms with van der Waals surface area (Å²) in [5, 5.41) is 13.2. The molecule has 0 saturated carbocycles. The van der Waals surface area contributed by atoms with Crippen molar-refractivity contribution in [2.45, 2.75) is 46.0 Å². The van der Waals surface area contributed by atoms with Crippen LogP contribution in [0.3, 0.4) is 0 Å². The molecule has 0 aliphatic carbocycles. The van der Waals surface area contributed by atoms with Gasteiger partial charge < -0.3 is 15.3 Å². The molecule has 1 aromatic carbocycles. The van der Waals surface area contributed by atoms with Crippen LogP contribution < -0.4 is 10.2 Å². The number of thiophene rings is 1. The van der Waals surface area contributed by atoms with Crippen molar-refractivity contribution in [1.82, 2.24) is 5.32 Å². The van der Waals surface area contributed by atoms with Crippen molar-refractivity contribution in [3.05, 3.63) is 41.3 Å². The fourth-order valence-electron chi connectivity index (χ4n) is 3.93. The number of benzene rings is 1. The molecule has 1 saturated heterocycles. The predicted molar refractivity (Wildman–Crippen MR) is 123 cm³/mol. The van der Waals surface area contributed by atoms with E-state index in [0.29, 0.717) is 30.5 Å². The monoisotopic (exact) mass is 428 g/mol. The average molecular weight is 429 g/mol. The Balaban J connectivity index is 1.91. The second kappa shape index (κ2) is 10.7. The van der Waals surface area contributed by atoms with Crippen molar-refractivity contribution in [2.75, 3.05) is 24.5 Å². The number of nitrogens with zero attached hydrogens (tertiary/aromatic N) is 1. The van der Waals surface area contributed by atoms with Gasteiger partial charge in [0.1, 0.15) is 4.88 Å². The summed E-state index contributed by atoms with van der Waals surface area (Å²) in [6.07, 6.45) is 4.30. The Morgan fingerprint density at radius 3 is 2.53 bits per heavy atom. The van der Waals surface area contributed by atoms with Crippen molar-refractivity contribution < 1.29 is 14.7 Å². The van der Waals surface area contributed by atoms with E-state index in [1.54, 1.807) is 4.90 Å². The lowest BCUT2D eigenvalue weighted by Crippen LogP contribution is -2.39. The van der Waals surface area contributed by atoms with Gasteiger partial charge in [0.2, 0.25) is 5.91 Å². The number of piperidine rings is 1. The van der Waals surface area contributed by atoms with Crippen molar-refractivity contribution in [3.8, 4) is 10.4 Å². The molecule has 0 atom stereocenters. The van der Waals surface area contributed by atoms with Crippen LogP contribution in [-0.2, 0) is 4.79 Å². The van der Waals surface area contributed by atoms with Crippen LogP contribution >= 0.6 is 11.3 Å². The summed E-state index contributed by atoms with van der Waals surface area (Å²) in [6.45, 7) is 6.80. The molecule has 6 heteroatoms. The first kappa shape index (κ1) is 22.5. The summed E-state index contributed by atoms with van der Waals surface area (Å²) < 4.78 is 0. The second-order valence-electron chi connectivity index (χ2n) is 8.48. The van der Waals surface area contributed by atoms with E-state index in [0.717, 1.165) is 49.2 Å². The number of anilines is 1. The molecule has 1 aliphatic rings. The Hall–Kier alpha value is -2.18. The summed E-state index contributed by atoms with van der Waals surface area (Å²) in [5.41, 5.74) is 1.53. The minimum absolute atomic E-state index is 0.0362. The summed E-state index contributed by atoms with van der Waals surface area (Å²) in [5.74, 6) is 0.00895. The van der Waals surface area contributed by atoms with E-state index in [4.69, 9.17) is 0 Å². The van der Waals surface area contributed by atoms with E-state index in [9.17, 15) is 14.7 Å². The van der Waals surface area contributed by atoms with Crippen molar-refractivity contribution in [2.24, 2.45) is 11.8 Å². The van der Waals surface area contributed by atoms with Crippen LogP contribution in [-0.4, -0.2) is 36.6 Å². The number of amides is 1. The molecule has 2 heterocycles. The molecule has 1 amide bonds. The number of carbonyl (C=O) groups excluding carboxylic acids is 1. The van der Waals surface area contributed by atoms with Crippen LogP contribution in [0.4, 0.5) is 5.69 Å². The van der Waals surface area contributed by atoms with Gasteiger partial charge in [-0.1, -0.05) is 50.6 Å². The maximum atomic E-state index is 13.2. The third-order valence-electron chi connectivity index (χ3n) is 5.63. The van der Waals surface area contributed by atoms with Gasteiger partial charge in [-0.15, -0.1) is 11.3 Å². The molecule has 1 fully saturated rings. The van der Waals surface area contributed by atoms with Crippen molar-refractivity contribution >= 4 is 28.9 Å². The Bertz CT molecular complexity index is 841. The molecule has 2 aromatic rings. The predicted octanol–water partition coefficient (Wildman–Crippen LogP) is 5.27. The number of hydrogen-bond donors (Lipinski definition) is 2. The first-order valence-electron chi connectivity index (χ1n) is 10.9. The smallest absolute Gasteiger partial charge is 0.348 e. The van der Waals surface area contributed by atoms with E-state index < -0.39 is 5.97 Å². The minimum Gasteiger partial charge on any atom is -0.477 e. The van der Waals surface area contributed by atoms with Crippen molar-refractivity contribution in [1.29, 1.82) is 0 Å². The minimum atomic E-state index is -0.970. The molecule has 1 aliphatic heterocycles. The van der Waals surface area contributed by atoms with Crippen LogP contribution in [0, 0.1) is 11.8 Å². The Labute approximate surface area is 183 Å². The molecular weight excluding hydrogens is 396 g/mol. The molecule has 2 N–H and O–H groups in total. The topological polar surface area (TPSA) is 69.6 Å². The SMILES string of the molecule is CC(C)CCCC(=O)N(CC1CCNCC1)c1cc(-c2ccccc2)sc1C(=O)O. The summed E-state index contributed by atoms with van der Waals surface area (Å²) in [7, 11) is 0. The number of carboxylic acids is 1. The largest absolute Gasteiger partial charge is 0.477 e. The zero-order chi connectivity index (χ0) is 21.5. The van der Waals surface area contributed by atoms with Gasteiger partial charge in [-0.05, 0) is 55.8 Å². The highest BCUT2D eigenvalue weighted by Crippen LogP contribution is 2.38. The zero-order valence-electron chi connectivity index (χ0n) is 17.9. The van der Waals surface area contributed by atoms with Gasteiger partial charge in [0.25, 0.3) is 0 Å². The van der Waals surface area contributed by atoms with Crippen molar-refractivity contribution in [3.63, 3.8) is 0 Å². The molecule has 0 unspecified atom stereocenters. The third-order valence-corrected chi connectivity index (χ3v) is 6.79. The first-order valence-corrected chi connectivity index (χ1v) is 11.7. The molecule has 1 aromatic heterocycles. The summed E-state index contributed by atoms with van der Waals surface area (Å²) >= 11 is 1.25. The third kappa shape index (κ3) is 5.92. The van der Waals surface area contributed by atoms with Crippen LogP contribution in [0.1, 0.15) is 55.6 Å². The summed E-state index contributed by atoms with van der Waals surface area (Å²) in [6, 6.07) is 11.7. The van der Waals surface area contributed by atoms with Gasteiger partial charge in [0, 0.05) is 17.8 Å². The normalized spacial score (nSPS) is 14.8. The first-order chi connectivity index (χ1) is 14.5. The van der Waals surface area contributed by atoms with E-state index in [2.05, 4.69) is 19.2 Å². The lowest BCUT2D eigenvalue weighted by Gasteiger charge is -2.30. The lowest BCUT2D eigenvalue weighted by molar-refractivity contribution is -0.118. The standard InChI is InChI=1S/C24H32N2O3S/c1-17(2)7-6-10-22(27)26(16-18-11-13-25-14-12-18)20-15-21(30-23(20)24(28)29)19-8-4-3-5-9-19/h3-5,8-9,15,17-18,25H,6-7,10-14,16H2,1-2H3,(H,28,29). The molecule has 3 rings (SSSR count). The maximum Gasteiger partial charge on any atom is 0.348 e. The summed E-state index contributed by atoms with van der Waals surface area (Å²) in [4.78, 5) is 28.2. The maximum absolute atomic E-state index is 13.2. The number of aromatic carboxylic acids is 1. The van der Waals surface area contributed by atoms with E-state index in [-0.39, 0.29) is 10.8 Å². The quantitative estimate of drug-likeness (QED) is 0.571. The molecule has 30 heavy (non-hydrogen) atoms. The molecule has 0 spiro atoms. The van der Waals surface area contributed by atoms with E-state index in [1.165, 1.54) is 11.3 Å². The number of carbonyl (C=O) groups is 2. The fourth-order valence-corrected chi connectivity index (χ4v) is 4.94. The number of nitrogens with one attached hydrogen (secondary N) is 1. The molecule has 0 bridgehead atoms. The highest BCUT2D eigenvalue weighted by Gasteiger charge is 2.28. The lowest BCUT2D eigenvalue weighted by atomic mass is 9.96. The van der Waals surface area contributed by atoms with Gasteiger partial charge in [0.05, 0.1) is 5.69 Å². The van der Waals surface area contributed by atoms with E-state index in [1.807, 2.05) is 36.4 Å². The molecule has 162 valence electrons. The molecular formula is C24H32N2O3S. The second-order valence-corrected chi connectivity index (χ2v) is 9.53. The fraction of sp³-hybridized carbons (Fsp3) is 0.500. The average Bonchev–Trinajstić information content (AvgIpc) is 3.18. The van der Waals surface area contributed by atoms with Gasteiger partial charge in [0.15, 0.2) is 0 Å². The molecule has 5 nitrogen and oxygen atoms in total. The Morgan fingerprint density at radius 2 is 1.90 bits per heavy atom. The number of carboxylic acid groups (broad SMARTS) is 1. The van der Waals surface area contributed by atoms with Gasteiger partial charge >= 0.3 is 5.97 Å². The van der Waals surface area contributed by atoms with Gasteiger partial charge in [-0.25, -0.2) is 4.79 Å². The Kier molecular flexibility index (Phi) is 8.05. The van der Waals surface area contributed by atoms with Crippen LogP contribution in [0.5, 0.6) is 0 Å². The zero-order valence-corrected chi connectivity index (χ0v) is 18.7. The van der Waals surface area contributed by atoms with Crippen LogP contribution in [0.2, 0.25) is 0 Å². The van der Waals surface area contributed by atoms with E-state index >= 15 is 0 Å². The van der Waals surface area contributed by atoms with Crippen LogP contribution in [0.25, 0.3) is 10.4 Å². The van der Waals surface area contributed by atoms with Crippen LogP contribution in [0.15, 0.2) is 36.4 Å². The molecule has 0 radical (unpaired) electrons. The van der Waals surface area contributed by atoms with Gasteiger partial charge in [-0.3, -0.25) is 4.79 Å². The number of hydrogen-bond acceptors (Lipinski definition) is 4.